The van der Waals surface area contributed by atoms with Crippen molar-refractivity contribution in [3.05, 3.63) is 58.3 Å². The molecule has 6 nitrogen and oxygen atoms in total. The predicted molar refractivity (Wildman–Crippen MR) is 94.8 cm³/mol. The molecule has 4 rings (SSSR count). The normalized spacial score (nSPS) is 12.8. The Morgan fingerprint density at radius 2 is 2.08 bits per heavy atom. The van der Waals surface area contributed by atoms with Crippen molar-refractivity contribution in [1.82, 2.24) is 14.9 Å². The maximum Gasteiger partial charge on any atom is 0.265 e. The number of benzene rings is 1. The van der Waals surface area contributed by atoms with Crippen LogP contribution in [0.15, 0.2) is 42.0 Å². The number of nitrogens with zero attached hydrogens (tertiary/aromatic N) is 2. The Balaban J connectivity index is 1.42. The molecule has 0 saturated carbocycles. The molecular formula is C18H17N3O3S. The van der Waals surface area contributed by atoms with E-state index in [-0.39, 0.29) is 5.91 Å². The van der Waals surface area contributed by atoms with E-state index >= 15 is 0 Å². The standard InChI is InChI=1S/C18H17N3O3S/c1-12-19-6-7-21(12)14-4-2-13(3-5-14)10-20-18(22)17-16-15(11-25-17)23-8-9-24-16/h2-7,11H,8-10H2,1H3,(H,20,22). The molecule has 1 N–H and O–H groups in total. The van der Waals surface area contributed by atoms with Crippen molar-refractivity contribution in [3.8, 4) is 17.2 Å². The molecule has 2 aromatic heterocycles. The molecule has 25 heavy (non-hydrogen) atoms. The molecule has 0 saturated heterocycles. The number of thiophene rings is 1. The summed E-state index contributed by atoms with van der Waals surface area (Å²) < 4.78 is 13.0. The van der Waals surface area contributed by atoms with E-state index in [4.69, 9.17) is 9.47 Å². The number of hydrogen-bond acceptors (Lipinski definition) is 5. The summed E-state index contributed by atoms with van der Waals surface area (Å²) in [6, 6.07) is 8.03. The van der Waals surface area contributed by atoms with Gasteiger partial charge < -0.3 is 19.4 Å². The monoisotopic (exact) mass is 355 g/mol. The number of aryl methyl sites for hydroxylation is 1. The summed E-state index contributed by atoms with van der Waals surface area (Å²) in [5.74, 6) is 2.00. The van der Waals surface area contributed by atoms with Gasteiger partial charge in [-0.15, -0.1) is 11.3 Å². The summed E-state index contributed by atoms with van der Waals surface area (Å²) in [5, 5.41) is 4.75. The third-order valence-electron chi connectivity index (χ3n) is 4.00. The third kappa shape index (κ3) is 3.10. The van der Waals surface area contributed by atoms with Gasteiger partial charge in [0.15, 0.2) is 11.5 Å². The summed E-state index contributed by atoms with van der Waals surface area (Å²) in [6.45, 7) is 3.41. The first-order valence-electron chi connectivity index (χ1n) is 7.97. The first-order valence-corrected chi connectivity index (χ1v) is 8.85. The Kier molecular flexibility index (Phi) is 4.15. The highest BCUT2D eigenvalue weighted by Crippen LogP contribution is 2.39. The van der Waals surface area contributed by atoms with Crippen molar-refractivity contribution in [2.75, 3.05) is 13.2 Å². The molecule has 0 atom stereocenters. The molecule has 3 aromatic rings. The molecule has 0 aliphatic carbocycles. The molecular weight excluding hydrogens is 338 g/mol. The molecule has 0 radical (unpaired) electrons. The van der Waals surface area contributed by atoms with Crippen LogP contribution < -0.4 is 14.8 Å². The zero-order chi connectivity index (χ0) is 17.2. The fourth-order valence-electron chi connectivity index (χ4n) is 2.71. The van der Waals surface area contributed by atoms with Crippen molar-refractivity contribution < 1.29 is 14.3 Å². The van der Waals surface area contributed by atoms with Crippen LogP contribution in [0, 0.1) is 6.92 Å². The highest BCUT2D eigenvalue weighted by atomic mass is 32.1. The lowest BCUT2D eigenvalue weighted by molar-refractivity contribution is 0.0946. The average Bonchev–Trinajstić information content (AvgIpc) is 3.26. The minimum atomic E-state index is -0.147. The smallest absolute Gasteiger partial charge is 0.265 e. The highest BCUT2D eigenvalue weighted by molar-refractivity contribution is 7.12. The number of hydrogen-bond donors (Lipinski definition) is 1. The van der Waals surface area contributed by atoms with Crippen LogP contribution >= 0.6 is 11.3 Å². The Morgan fingerprint density at radius 3 is 2.84 bits per heavy atom. The first kappa shape index (κ1) is 15.7. The maximum absolute atomic E-state index is 12.4. The van der Waals surface area contributed by atoms with E-state index < -0.39 is 0 Å². The van der Waals surface area contributed by atoms with Crippen LogP contribution in [0.25, 0.3) is 5.69 Å². The summed E-state index contributed by atoms with van der Waals surface area (Å²) in [7, 11) is 0. The molecule has 3 heterocycles. The van der Waals surface area contributed by atoms with Crippen LogP contribution in [0.1, 0.15) is 21.1 Å². The van der Waals surface area contributed by atoms with E-state index in [0.717, 1.165) is 17.1 Å². The van der Waals surface area contributed by atoms with Gasteiger partial charge in [0.1, 0.15) is 23.9 Å². The third-order valence-corrected chi connectivity index (χ3v) is 4.94. The van der Waals surface area contributed by atoms with Crippen LogP contribution in [-0.4, -0.2) is 28.7 Å². The van der Waals surface area contributed by atoms with E-state index in [1.54, 1.807) is 6.20 Å². The van der Waals surface area contributed by atoms with Crippen molar-refractivity contribution in [2.45, 2.75) is 13.5 Å². The molecule has 1 aliphatic heterocycles. The predicted octanol–water partition coefficient (Wildman–Crippen LogP) is 2.94. The molecule has 7 heteroatoms. The summed E-state index contributed by atoms with van der Waals surface area (Å²) in [4.78, 5) is 17.2. The maximum atomic E-state index is 12.4. The fraction of sp³-hybridized carbons (Fsp3) is 0.222. The zero-order valence-electron chi connectivity index (χ0n) is 13.7. The Hall–Kier alpha value is -2.80. The van der Waals surface area contributed by atoms with Gasteiger partial charge in [0.2, 0.25) is 0 Å². The quantitative estimate of drug-likeness (QED) is 0.781. The molecule has 128 valence electrons. The minimum Gasteiger partial charge on any atom is -0.485 e. The van der Waals surface area contributed by atoms with Gasteiger partial charge in [0.25, 0.3) is 5.91 Å². The molecule has 1 aromatic carbocycles. The fourth-order valence-corrected chi connectivity index (χ4v) is 3.55. The second kappa shape index (κ2) is 6.60. The minimum absolute atomic E-state index is 0.147. The van der Waals surface area contributed by atoms with Gasteiger partial charge in [0, 0.05) is 30.0 Å². The SMILES string of the molecule is Cc1nccn1-c1ccc(CNC(=O)c2scc3c2OCCO3)cc1. The van der Waals surface area contributed by atoms with Crippen molar-refractivity contribution in [2.24, 2.45) is 0 Å². The number of imidazole rings is 1. The summed E-state index contributed by atoms with van der Waals surface area (Å²) >= 11 is 1.34. The lowest BCUT2D eigenvalue weighted by Crippen LogP contribution is -2.23. The Bertz CT molecular complexity index is 899. The van der Waals surface area contributed by atoms with E-state index in [9.17, 15) is 4.79 Å². The van der Waals surface area contributed by atoms with E-state index in [1.807, 2.05) is 47.3 Å². The van der Waals surface area contributed by atoms with Crippen molar-refractivity contribution in [1.29, 1.82) is 0 Å². The number of carbonyl (C=O) groups is 1. The lowest BCUT2D eigenvalue weighted by Gasteiger charge is -2.15. The van der Waals surface area contributed by atoms with Gasteiger partial charge in [-0.2, -0.15) is 0 Å². The highest BCUT2D eigenvalue weighted by Gasteiger charge is 2.23. The van der Waals surface area contributed by atoms with E-state index in [0.29, 0.717) is 36.1 Å². The van der Waals surface area contributed by atoms with Crippen LogP contribution in [0.4, 0.5) is 0 Å². The van der Waals surface area contributed by atoms with Gasteiger partial charge in [-0.3, -0.25) is 4.79 Å². The van der Waals surface area contributed by atoms with Crippen LogP contribution in [0.5, 0.6) is 11.5 Å². The van der Waals surface area contributed by atoms with Gasteiger partial charge >= 0.3 is 0 Å². The molecule has 0 bridgehead atoms. The van der Waals surface area contributed by atoms with E-state index in [2.05, 4.69) is 10.3 Å². The second-order valence-corrected chi connectivity index (χ2v) is 6.53. The number of carbonyl (C=O) groups excluding carboxylic acids is 1. The zero-order valence-corrected chi connectivity index (χ0v) is 14.5. The average molecular weight is 355 g/mol. The lowest BCUT2D eigenvalue weighted by atomic mass is 10.2. The summed E-state index contributed by atoms with van der Waals surface area (Å²) in [6.07, 6.45) is 3.70. The van der Waals surface area contributed by atoms with Crippen LogP contribution in [-0.2, 0) is 6.54 Å². The van der Waals surface area contributed by atoms with E-state index in [1.165, 1.54) is 11.3 Å². The molecule has 1 amide bonds. The number of aromatic nitrogens is 2. The van der Waals surface area contributed by atoms with Crippen molar-refractivity contribution in [3.63, 3.8) is 0 Å². The summed E-state index contributed by atoms with van der Waals surface area (Å²) in [5.41, 5.74) is 2.07. The second-order valence-electron chi connectivity index (χ2n) is 5.65. The molecule has 0 fully saturated rings. The molecule has 0 unspecified atom stereocenters. The van der Waals surface area contributed by atoms with Gasteiger partial charge in [-0.1, -0.05) is 12.1 Å². The number of rotatable bonds is 4. The van der Waals surface area contributed by atoms with Gasteiger partial charge in [-0.25, -0.2) is 4.98 Å². The number of nitrogens with one attached hydrogen (secondary N) is 1. The topological polar surface area (TPSA) is 65.4 Å². The molecule has 1 aliphatic rings. The number of amides is 1. The number of ether oxygens (including phenoxy) is 2. The molecule has 0 spiro atoms. The Labute approximate surface area is 149 Å². The van der Waals surface area contributed by atoms with Crippen LogP contribution in [0.3, 0.4) is 0 Å². The van der Waals surface area contributed by atoms with Crippen molar-refractivity contribution >= 4 is 17.2 Å². The van der Waals surface area contributed by atoms with Gasteiger partial charge in [-0.05, 0) is 24.6 Å². The van der Waals surface area contributed by atoms with Crippen LogP contribution in [0.2, 0.25) is 0 Å². The first-order chi connectivity index (χ1) is 12.2. The van der Waals surface area contributed by atoms with Gasteiger partial charge in [0.05, 0.1) is 0 Å². The largest absolute Gasteiger partial charge is 0.485 e. The Morgan fingerprint density at radius 1 is 1.28 bits per heavy atom. The number of fused-ring (bicyclic) bond motifs is 1.